The molecule has 1 aliphatic rings. The molecule has 1 aromatic carbocycles. The summed E-state index contributed by atoms with van der Waals surface area (Å²) < 4.78 is 32.0. The highest BCUT2D eigenvalue weighted by molar-refractivity contribution is 5.89. The van der Waals surface area contributed by atoms with E-state index in [-0.39, 0.29) is 11.5 Å². The molecule has 2 rings (SSSR count). The largest absolute Gasteiger partial charge is 0.465 e. The third-order valence-corrected chi connectivity index (χ3v) is 3.74. The minimum atomic E-state index is -2.88. The summed E-state index contributed by atoms with van der Waals surface area (Å²) in [6, 6.07) is 4.35. The second-order valence-electron chi connectivity index (χ2n) is 5.16. The van der Waals surface area contributed by atoms with Crippen LogP contribution >= 0.6 is 0 Å². The van der Waals surface area contributed by atoms with E-state index < -0.39 is 11.9 Å². The van der Waals surface area contributed by atoms with Crippen LogP contribution in [0.25, 0.3) is 0 Å². The molecule has 1 aliphatic carbocycles. The van der Waals surface area contributed by atoms with E-state index in [0.29, 0.717) is 11.1 Å². The molecular weight excluding hydrogens is 250 g/mol. The Labute approximate surface area is 111 Å². The van der Waals surface area contributed by atoms with Crippen LogP contribution in [0.1, 0.15) is 60.0 Å². The smallest absolute Gasteiger partial charge is 0.337 e. The highest BCUT2D eigenvalue weighted by Gasteiger charge is 2.32. The Morgan fingerprint density at radius 1 is 1.32 bits per heavy atom. The molecule has 0 unspecified atom stereocenters. The molecule has 104 valence electrons. The molecule has 1 aromatic rings. The molecule has 1 fully saturated rings. The van der Waals surface area contributed by atoms with Crippen molar-refractivity contribution in [2.45, 2.75) is 44.4 Å². The summed E-state index contributed by atoms with van der Waals surface area (Å²) in [5, 5.41) is 0. The number of methoxy groups -OCH3 is 1. The summed E-state index contributed by atoms with van der Waals surface area (Å²) in [5.74, 6) is -3.23. The van der Waals surface area contributed by atoms with Gasteiger partial charge in [-0.3, -0.25) is 0 Å². The maximum Gasteiger partial charge on any atom is 0.337 e. The van der Waals surface area contributed by atoms with Gasteiger partial charge in [0.25, 0.3) is 5.92 Å². The van der Waals surface area contributed by atoms with Crippen molar-refractivity contribution in [3.8, 4) is 0 Å². The van der Waals surface area contributed by atoms with Gasteiger partial charge in [0.05, 0.1) is 12.7 Å². The molecule has 0 N–H and O–H groups in total. The van der Waals surface area contributed by atoms with Crippen LogP contribution < -0.4 is 0 Å². The summed E-state index contributed by atoms with van der Waals surface area (Å²) in [4.78, 5) is 11.5. The zero-order valence-electron chi connectivity index (χ0n) is 11.2. The van der Waals surface area contributed by atoms with Gasteiger partial charge in [-0.05, 0) is 36.5 Å². The van der Waals surface area contributed by atoms with Crippen LogP contribution in [0.15, 0.2) is 18.2 Å². The first-order valence-electron chi connectivity index (χ1n) is 6.54. The van der Waals surface area contributed by atoms with Crippen molar-refractivity contribution in [2.75, 3.05) is 7.11 Å². The van der Waals surface area contributed by atoms with Crippen LogP contribution in [0.4, 0.5) is 8.78 Å². The van der Waals surface area contributed by atoms with E-state index in [1.807, 2.05) is 0 Å². The Morgan fingerprint density at radius 3 is 2.47 bits per heavy atom. The lowest BCUT2D eigenvalue weighted by Gasteiger charge is -2.20. The van der Waals surface area contributed by atoms with Gasteiger partial charge in [0, 0.05) is 12.5 Å². The highest BCUT2D eigenvalue weighted by Crippen LogP contribution is 2.41. The van der Waals surface area contributed by atoms with E-state index in [1.54, 1.807) is 6.07 Å². The summed E-state index contributed by atoms with van der Waals surface area (Å²) in [5.41, 5.74) is 0.984. The standard InChI is InChI=1S/C15H18F2O2/c1-15(16,17)13-8-7-11(14(18)19-2)9-12(13)10-5-3-4-6-10/h7-10H,3-6H2,1-2H3. The number of carbonyl (C=O) groups is 1. The Balaban J connectivity index is 2.47. The predicted molar refractivity (Wildman–Crippen MR) is 68.6 cm³/mol. The number of hydrogen-bond acceptors (Lipinski definition) is 2. The number of carbonyl (C=O) groups excluding carboxylic acids is 1. The average molecular weight is 268 g/mol. The van der Waals surface area contributed by atoms with E-state index in [9.17, 15) is 13.6 Å². The molecule has 0 heterocycles. The van der Waals surface area contributed by atoms with Crippen LogP contribution in [0, 0.1) is 0 Å². The molecule has 2 nitrogen and oxygen atoms in total. The van der Waals surface area contributed by atoms with Crippen molar-refractivity contribution in [1.29, 1.82) is 0 Å². The second-order valence-corrected chi connectivity index (χ2v) is 5.16. The van der Waals surface area contributed by atoms with Crippen LogP contribution in [0.5, 0.6) is 0 Å². The molecule has 0 spiro atoms. The van der Waals surface area contributed by atoms with Gasteiger partial charge in [0.15, 0.2) is 0 Å². The molecule has 0 atom stereocenters. The van der Waals surface area contributed by atoms with Gasteiger partial charge in [0.1, 0.15) is 0 Å². The third kappa shape index (κ3) is 2.94. The van der Waals surface area contributed by atoms with Crippen LogP contribution in [0.3, 0.4) is 0 Å². The third-order valence-electron chi connectivity index (χ3n) is 3.74. The van der Waals surface area contributed by atoms with E-state index in [1.165, 1.54) is 19.2 Å². The van der Waals surface area contributed by atoms with Gasteiger partial charge in [0.2, 0.25) is 0 Å². The van der Waals surface area contributed by atoms with Crippen LogP contribution in [-0.4, -0.2) is 13.1 Å². The molecule has 0 aliphatic heterocycles. The lowest BCUT2D eigenvalue weighted by Crippen LogP contribution is -2.14. The van der Waals surface area contributed by atoms with Crippen molar-refractivity contribution in [3.63, 3.8) is 0 Å². The van der Waals surface area contributed by atoms with Gasteiger partial charge in [-0.2, -0.15) is 0 Å². The van der Waals surface area contributed by atoms with Crippen molar-refractivity contribution >= 4 is 5.97 Å². The van der Waals surface area contributed by atoms with Crippen LogP contribution in [-0.2, 0) is 10.7 Å². The number of benzene rings is 1. The molecule has 0 radical (unpaired) electrons. The first-order chi connectivity index (χ1) is 8.93. The van der Waals surface area contributed by atoms with Gasteiger partial charge in [-0.15, -0.1) is 0 Å². The minimum Gasteiger partial charge on any atom is -0.465 e. The Morgan fingerprint density at radius 2 is 1.95 bits per heavy atom. The average Bonchev–Trinajstić information content (AvgIpc) is 2.89. The highest BCUT2D eigenvalue weighted by atomic mass is 19.3. The molecular formula is C15H18F2O2. The quantitative estimate of drug-likeness (QED) is 0.766. The number of halogens is 2. The Kier molecular flexibility index (Phi) is 3.88. The lowest BCUT2D eigenvalue weighted by molar-refractivity contribution is 0.0161. The van der Waals surface area contributed by atoms with E-state index in [2.05, 4.69) is 4.74 Å². The van der Waals surface area contributed by atoms with E-state index >= 15 is 0 Å². The fourth-order valence-corrected chi connectivity index (χ4v) is 2.78. The number of ether oxygens (including phenoxy) is 1. The first-order valence-corrected chi connectivity index (χ1v) is 6.54. The molecule has 19 heavy (non-hydrogen) atoms. The molecule has 1 saturated carbocycles. The monoisotopic (exact) mass is 268 g/mol. The second kappa shape index (κ2) is 5.27. The lowest BCUT2D eigenvalue weighted by atomic mass is 9.89. The maximum atomic E-state index is 13.7. The normalized spacial score (nSPS) is 16.6. The summed E-state index contributed by atoms with van der Waals surface area (Å²) in [7, 11) is 1.29. The topological polar surface area (TPSA) is 26.3 Å². The van der Waals surface area contributed by atoms with Gasteiger partial charge in [-0.1, -0.05) is 18.9 Å². The summed E-state index contributed by atoms with van der Waals surface area (Å²) in [6.07, 6.45) is 3.94. The number of hydrogen-bond donors (Lipinski definition) is 0. The fraction of sp³-hybridized carbons (Fsp3) is 0.533. The predicted octanol–water partition coefficient (Wildman–Crippen LogP) is 4.24. The maximum absolute atomic E-state index is 13.7. The van der Waals surface area contributed by atoms with Gasteiger partial charge < -0.3 is 4.74 Å². The first kappa shape index (κ1) is 14.0. The van der Waals surface area contributed by atoms with Crippen LogP contribution in [0.2, 0.25) is 0 Å². The fourth-order valence-electron chi connectivity index (χ4n) is 2.78. The Hall–Kier alpha value is -1.45. The summed E-state index contributed by atoms with van der Waals surface area (Å²) >= 11 is 0. The van der Waals surface area contributed by atoms with Gasteiger partial charge in [-0.25, -0.2) is 13.6 Å². The molecule has 0 bridgehead atoms. The van der Waals surface area contributed by atoms with Gasteiger partial charge >= 0.3 is 5.97 Å². The summed E-state index contributed by atoms with van der Waals surface area (Å²) in [6.45, 7) is 0.901. The van der Waals surface area contributed by atoms with Crippen molar-refractivity contribution in [3.05, 3.63) is 34.9 Å². The minimum absolute atomic E-state index is 0.0343. The van der Waals surface area contributed by atoms with E-state index in [4.69, 9.17) is 0 Å². The molecule has 0 aromatic heterocycles. The van der Waals surface area contributed by atoms with Crippen molar-refractivity contribution < 1.29 is 18.3 Å². The SMILES string of the molecule is COC(=O)c1ccc(C(C)(F)F)c(C2CCCC2)c1. The van der Waals surface area contributed by atoms with Crippen molar-refractivity contribution in [1.82, 2.24) is 0 Å². The zero-order valence-corrected chi connectivity index (χ0v) is 11.2. The van der Waals surface area contributed by atoms with E-state index in [0.717, 1.165) is 32.6 Å². The number of esters is 1. The zero-order chi connectivity index (χ0) is 14.0. The molecule has 4 heteroatoms. The van der Waals surface area contributed by atoms with Crippen molar-refractivity contribution in [2.24, 2.45) is 0 Å². The Bertz CT molecular complexity index is 472. The molecule has 0 amide bonds. The number of alkyl halides is 2. The molecule has 0 saturated heterocycles. The number of rotatable bonds is 3.